The quantitative estimate of drug-likeness (QED) is 0.826. The summed E-state index contributed by atoms with van der Waals surface area (Å²) < 4.78 is 12.7. The van der Waals surface area contributed by atoms with Crippen molar-refractivity contribution in [2.24, 2.45) is 0 Å². The van der Waals surface area contributed by atoms with E-state index in [2.05, 4.69) is 20.5 Å². The summed E-state index contributed by atoms with van der Waals surface area (Å²) in [6, 6.07) is 3.00. The molecule has 17 heavy (non-hydrogen) atoms. The van der Waals surface area contributed by atoms with Crippen molar-refractivity contribution in [3.8, 4) is 10.7 Å². The van der Waals surface area contributed by atoms with Crippen molar-refractivity contribution in [2.45, 2.75) is 12.8 Å². The third-order valence-corrected chi connectivity index (χ3v) is 3.24. The summed E-state index contributed by atoms with van der Waals surface area (Å²) in [5.74, 6) is -0.340. The summed E-state index contributed by atoms with van der Waals surface area (Å²) >= 11 is 1.51. The molecule has 0 unspecified atom stereocenters. The van der Waals surface area contributed by atoms with Gasteiger partial charge in [0.2, 0.25) is 0 Å². The summed E-state index contributed by atoms with van der Waals surface area (Å²) in [5.41, 5.74) is 0.670. The number of nitrogens with one attached hydrogen (secondary N) is 1. The average Bonchev–Trinajstić information content (AvgIpc) is 2.79. The molecule has 2 aromatic heterocycles. The van der Waals surface area contributed by atoms with Gasteiger partial charge in [0.25, 0.3) is 0 Å². The van der Waals surface area contributed by atoms with Gasteiger partial charge in [0.15, 0.2) is 5.01 Å². The molecule has 0 aliphatic carbocycles. The highest BCUT2D eigenvalue weighted by molar-refractivity contribution is 7.14. The molecule has 6 heteroatoms. The van der Waals surface area contributed by atoms with Crippen LogP contribution in [-0.4, -0.2) is 28.8 Å². The fourth-order valence-electron chi connectivity index (χ4n) is 1.38. The second kappa shape index (κ2) is 5.79. The van der Waals surface area contributed by atoms with Gasteiger partial charge in [-0.15, -0.1) is 10.2 Å². The summed E-state index contributed by atoms with van der Waals surface area (Å²) in [5, 5.41) is 13.0. The Labute approximate surface area is 103 Å². The number of aryl methyl sites for hydroxylation is 1. The Kier molecular flexibility index (Phi) is 4.11. The van der Waals surface area contributed by atoms with Crippen LogP contribution >= 0.6 is 11.3 Å². The van der Waals surface area contributed by atoms with Gasteiger partial charge >= 0.3 is 0 Å². The number of hydrogen-bond donors (Lipinski definition) is 1. The lowest BCUT2D eigenvalue weighted by Crippen LogP contribution is -2.08. The molecule has 2 aromatic rings. The minimum atomic E-state index is -0.340. The first-order valence-electron chi connectivity index (χ1n) is 5.38. The highest BCUT2D eigenvalue weighted by Crippen LogP contribution is 2.22. The Hall–Kier alpha value is -1.40. The first kappa shape index (κ1) is 12.1. The van der Waals surface area contributed by atoms with Gasteiger partial charge < -0.3 is 5.32 Å². The van der Waals surface area contributed by atoms with Crippen LogP contribution in [0.15, 0.2) is 18.3 Å². The molecule has 0 atom stereocenters. The standard InChI is InChI=1S/C11H13FN4S/c1-13-6-2-3-10-15-16-11(17-10)9-5-4-8(12)7-14-9/h4-5,7,13H,2-3,6H2,1H3. The van der Waals surface area contributed by atoms with Crippen molar-refractivity contribution >= 4 is 11.3 Å². The Balaban J connectivity index is 2.04. The summed E-state index contributed by atoms with van der Waals surface area (Å²) in [6.45, 7) is 0.962. The maximum Gasteiger partial charge on any atom is 0.166 e. The van der Waals surface area contributed by atoms with Gasteiger partial charge in [0.1, 0.15) is 16.5 Å². The van der Waals surface area contributed by atoms with Crippen LogP contribution in [0.2, 0.25) is 0 Å². The van der Waals surface area contributed by atoms with Gasteiger partial charge in [0, 0.05) is 6.42 Å². The predicted molar refractivity (Wildman–Crippen MR) is 65.3 cm³/mol. The first-order valence-corrected chi connectivity index (χ1v) is 6.20. The van der Waals surface area contributed by atoms with Crippen LogP contribution in [0.1, 0.15) is 11.4 Å². The summed E-state index contributed by atoms with van der Waals surface area (Å²) in [7, 11) is 1.92. The maximum absolute atomic E-state index is 12.7. The van der Waals surface area contributed by atoms with Gasteiger partial charge in [-0.2, -0.15) is 0 Å². The van der Waals surface area contributed by atoms with E-state index in [1.165, 1.54) is 23.6 Å². The normalized spacial score (nSPS) is 10.7. The molecular formula is C11H13FN4S. The highest BCUT2D eigenvalue weighted by atomic mass is 32.1. The van der Waals surface area contributed by atoms with Crippen molar-refractivity contribution in [2.75, 3.05) is 13.6 Å². The van der Waals surface area contributed by atoms with E-state index in [-0.39, 0.29) is 5.82 Å². The fraction of sp³-hybridized carbons (Fsp3) is 0.364. The number of halogens is 1. The molecule has 0 saturated heterocycles. The molecule has 0 spiro atoms. The van der Waals surface area contributed by atoms with Gasteiger partial charge in [0.05, 0.1) is 6.20 Å². The Bertz CT molecular complexity index is 469. The van der Waals surface area contributed by atoms with Gasteiger partial charge in [-0.1, -0.05) is 11.3 Å². The minimum absolute atomic E-state index is 0.340. The van der Waals surface area contributed by atoms with E-state index < -0.39 is 0 Å². The smallest absolute Gasteiger partial charge is 0.166 e. The van der Waals surface area contributed by atoms with Crippen LogP contribution in [0.3, 0.4) is 0 Å². The Morgan fingerprint density at radius 1 is 1.35 bits per heavy atom. The van der Waals surface area contributed by atoms with Crippen molar-refractivity contribution in [1.29, 1.82) is 0 Å². The molecule has 0 aromatic carbocycles. The van der Waals surface area contributed by atoms with Crippen molar-refractivity contribution in [1.82, 2.24) is 20.5 Å². The Morgan fingerprint density at radius 2 is 2.24 bits per heavy atom. The average molecular weight is 252 g/mol. The molecule has 0 fully saturated rings. The molecule has 0 amide bonds. The van der Waals surface area contributed by atoms with Crippen LogP contribution in [0, 0.1) is 5.82 Å². The minimum Gasteiger partial charge on any atom is -0.320 e. The number of nitrogens with zero attached hydrogens (tertiary/aromatic N) is 3. The monoisotopic (exact) mass is 252 g/mol. The lowest BCUT2D eigenvalue weighted by molar-refractivity contribution is 0.622. The Morgan fingerprint density at radius 3 is 2.94 bits per heavy atom. The fourth-order valence-corrected chi connectivity index (χ4v) is 2.24. The molecule has 0 radical (unpaired) electrons. The second-order valence-electron chi connectivity index (χ2n) is 3.57. The first-order chi connectivity index (χ1) is 8.29. The van der Waals surface area contributed by atoms with Crippen LogP contribution in [0.5, 0.6) is 0 Å². The number of hydrogen-bond acceptors (Lipinski definition) is 5. The van der Waals surface area contributed by atoms with Gasteiger partial charge in [-0.05, 0) is 32.1 Å². The molecule has 2 heterocycles. The van der Waals surface area contributed by atoms with Gasteiger partial charge in [-0.3, -0.25) is 4.98 Å². The van der Waals surface area contributed by atoms with Crippen molar-refractivity contribution in [3.63, 3.8) is 0 Å². The van der Waals surface area contributed by atoms with Gasteiger partial charge in [-0.25, -0.2) is 4.39 Å². The zero-order valence-corrected chi connectivity index (χ0v) is 10.3. The predicted octanol–water partition coefficient (Wildman–Crippen LogP) is 1.89. The third kappa shape index (κ3) is 3.28. The molecule has 0 saturated carbocycles. The largest absolute Gasteiger partial charge is 0.320 e. The maximum atomic E-state index is 12.7. The molecule has 1 N–H and O–H groups in total. The second-order valence-corrected chi connectivity index (χ2v) is 4.63. The van der Waals surface area contributed by atoms with Crippen LogP contribution in [0.4, 0.5) is 4.39 Å². The molecule has 0 aliphatic heterocycles. The molecular weight excluding hydrogens is 239 g/mol. The number of rotatable bonds is 5. The third-order valence-electron chi connectivity index (χ3n) is 2.23. The van der Waals surface area contributed by atoms with Crippen LogP contribution in [-0.2, 0) is 6.42 Å². The SMILES string of the molecule is CNCCCc1nnc(-c2ccc(F)cn2)s1. The molecule has 0 aliphatic rings. The van der Waals surface area contributed by atoms with E-state index in [0.717, 1.165) is 29.4 Å². The van der Waals surface area contributed by atoms with E-state index in [4.69, 9.17) is 0 Å². The summed E-state index contributed by atoms with van der Waals surface area (Å²) in [4.78, 5) is 3.98. The number of aromatic nitrogens is 3. The van der Waals surface area contributed by atoms with E-state index in [1.807, 2.05) is 7.05 Å². The van der Waals surface area contributed by atoms with Crippen molar-refractivity contribution < 1.29 is 4.39 Å². The molecule has 0 bridgehead atoms. The lowest BCUT2D eigenvalue weighted by atomic mass is 10.3. The van der Waals surface area contributed by atoms with E-state index in [1.54, 1.807) is 6.07 Å². The summed E-state index contributed by atoms with van der Waals surface area (Å²) in [6.07, 6.45) is 3.12. The lowest BCUT2D eigenvalue weighted by Gasteiger charge is -1.94. The molecule has 2 rings (SSSR count). The molecule has 90 valence electrons. The van der Waals surface area contributed by atoms with Crippen LogP contribution < -0.4 is 5.32 Å². The molecule has 4 nitrogen and oxygen atoms in total. The van der Waals surface area contributed by atoms with E-state index in [9.17, 15) is 4.39 Å². The topological polar surface area (TPSA) is 50.7 Å². The zero-order chi connectivity index (χ0) is 12.1. The highest BCUT2D eigenvalue weighted by Gasteiger charge is 2.07. The van der Waals surface area contributed by atoms with Crippen molar-refractivity contribution in [3.05, 3.63) is 29.2 Å². The zero-order valence-electron chi connectivity index (χ0n) is 9.48. The van der Waals surface area contributed by atoms with E-state index >= 15 is 0 Å². The van der Waals surface area contributed by atoms with Crippen LogP contribution in [0.25, 0.3) is 10.7 Å². The van der Waals surface area contributed by atoms with E-state index in [0.29, 0.717) is 5.69 Å². The number of pyridine rings is 1.